The van der Waals surface area contributed by atoms with Gasteiger partial charge in [0, 0.05) is 5.69 Å². The van der Waals surface area contributed by atoms with Gasteiger partial charge in [-0.1, -0.05) is 42.5 Å². The summed E-state index contributed by atoms with van der Waals surface area (Å²) < 4.78 is 16.0. The third-order valence-electron chi connectivity index (χ3n) is 6.66. The van der Waals surface area contributed by atoms with Gasteiger partial charge in [0.2, 0.25) is 5.91 Å². The predicted octanol–water partition coefficient (Wildman–Crippen LogP) is 5.75. The first-order valence-electron chi connectivity index (χ1n) is 12.2. The van der Waals surface area contributed by atoms with Gasteiger partial charge in [-0.3, -0.25) is 4.79 Å². The molecule has 188 valence electrons. The Morgan fingerprint density at radius 1 is 0.889 bits per heavy atom. The van der Waals surface area contributed by atoms with E-state index in [1.54, 1.807) is 21.0 Å². The molecule has 0 bridgehead atoms. The Balaban J connectivity index is 1.54. The largest absolute Gasteiger partial charge is 0.497 e. The minimum Gasteiger partial charge on any atom is -0.497 e. The van der Waals surface area contributed by atoms with Crippen molar-refractivity contribution in [3.63, 3.8) is 0 Å². The van der Waals surface area contributed by atoms with E-state index in [0.717, 1.165) is 36.3 Å². The Hall–Kier alpha value is -3.80. The lowest BCUT2D eigenvalue weighted by atomic mass is 9.78. The minimum atomic E-state index is -1.10. The maximum atomic E-state index is 13.3. The van der Waals surface area contributed by atoms with Gasteiger partial charge in [-0.05, 0) is 80.6 Å². The van der Waals surface area contributed by atoms with Crippen molar-refractivity contribution in [1.29, 1.82) is 0 Å². The van der Waals surface area contributed by atoms with E-state index in [2.05, 4.69) is 12.1 Å². The summed E-state index contributed by atoms with van der Waals surface area (Å²) in [5, 5.41) is 0. The molecular formula is C30H33NO5. The summed E-state index contributed by atoms with van der Waals surface area (Å²) in [6.45, 7) is 3.34. The highest BCUT2D eigenvalue weighted by Crippen LogP contribution is 2.46. The van der Waals surface area contributed by atoms with Crippen LogP contribution in [0.25, 0.3) is 0 Å². The molecule has 2 atom stereocenters. The number of amides is 1. The van der Waals surface area contributed by atoms with E-state index in [1.165, 1.54) is 12.7 Å². The van der Waals surface area contributed by atoms with Gasteiger partial charge in [0.1, 0.15) is 11.5 Å². The third-order valence-corrected chi connectivity index (χ3v) is 6.66. The average molecular weight is 488 g/mol. The van der Waals surface area contributed by atoms with E-state index in [9.17, 15) is 9.59 Å². The van der Waals surface area contributed by atoms with Crippen LogP contribution >= 0.6 is 0 Å². The molecule has 0 spiro atoms. The molecule has 1 amide bonds. The van der Waals surface area contributed by atoms with Gasteiger partial charge in [0.05, 0.1) is 26.2 Å². The number of methoxy groups -OCH3 is 2. The zero-order valence-corrected chi connectivity index (χ0v) is 21.3. The molecule has 4 rings (SSSR count). The molecule has 6 nitrogen and oxygen atoms in total. The normalized spacial score (nSPS) is 17.3. The third kappa shape index (κ3) is 5.38. The highest BCUT2D eigenvalue weighted by atomic mass is 16.6. The lowest BCUT2D eigenvalue weighted by Gasteiger charge is -2.48. The number of anilines is 1. The van der Waals surface area contributed by atoms with Gasteiger partial charge in [0.15, 0.2) is 5.60 Å². The maximum Gasteiger partial charge on any atom is 0.349 e. The lowest BCUT2D eigenvalue weighted by Crippen LogP contribution is -2.55. The zero-order chi connectivity index (χ0) is 25.7. The van der Waals surface area contributed by atoms with Crippen LogP contribution in [0.3, 0.4) is 0 Å². The number of carbonyl (C=O) groups excluding carboxylic acids is 2. The molecule has 36 heavy (non-hydrogen) atoms. The lowest BCUT2D eigenvalue weighted by molar-refractivity contribution is -0.156. The number of carbonyl (C=O) groups is 2. The number of hydrogen-bond donors (Lipinski definition) is 0. The smallest absolute Gasteiger partial charge is 0.349 e. The van der Waals surface area contributed by atoms with Gasteiger partial charge >= 0.3 is 5.97 Å². The van der Waals surface area contributed by atoms with E-state index < -0.39 is 11.6 Å². The van der Waals surface area contributed by atoms with E-state index >= 15 is 0 Å². The van der Waals surface area contributed by atoms with Crippen molar-refractivity contribution >= 4 is 17.6 Å². The number of benzene rings is 3. The quantitative estimate of drug-likeness (QED) is 0.269. The molecule has 3 aromatic carbocycles. The zero-order valence-electron chi connectivity index (χ0n) is 21.3. The van der Waals surface area contributed by atoms with Crippen molar-refractivity contribution in [2.75, 3.05) is 19.1 Å². The monoisotopic (exact) mass is 487 g/mol. The van der Waals surface area contributed by atoms with Gasteiger partial charge in [-0.15, -0.1) is 0 Å². The Morgan fingerprint density at radius 2 is 1.53 bits per heavy atom. The maximum absolute atomic E-state index is 13.3. The van der Waals surface area contributed by atoms with Crippen LogP contribution in [0.4, 0.5) is 5.69 Å². The summed E-state index contributed by atoms with van der Waals surface area (Å²) in [6.07, 6.45) is 2.68. The molecule has 0 radical (unpaired) electrons. The number of hydrogen-bond acceptors (Lipinski definition) is 5. The van der Waals surface area contributed by atoms with E-state index in [4.69, 9.17) is 14.2 Å². The molecular weight excluding hydrogens is 454 g/mol. The molecule has 6 heteroatoms. The van der Waals surface area contributed by atoms with Crippen molar-refractivity contribution in [2.45, 2.75) is 44.8 Å². The van der Waals surface area contributed by atoms with E-state index in [-0.39, 0.29) is 17.9 Å². The summed E-state index contributed by atoms with van der Waals surface area (Å²) in [5.41, 5.74) is 2.05. The molecule has 0 N–H and O–H groups in total. The Kier molecular flexibility index (Phi) is 7.63. The molecule has 1 aliphatic rings. The van der Waals surface area contributed by atoms with Crippen LogP contribution in [-0.2, 0) is 20.7 Å². The van der Waals surface area contributed by atoms with Gasteiger partial charge < -0.3 is 19.1 Å². The summed E-state index contributed by atoms with van der Waals surface area (Å²) in [4.78, 5) is 27.2. The highest BCUT2D eigenvalue weighted by Gasteiger charge is 2.48. The summed E-state index contributed by atoms with van der Waals surface area (Å²) in [7, 11) is 2.97. The fourth-order valence-corrected chi connectivity index (χ4v) is 4.73. The summed E-state index contributed by atoms with van der Waals surface area (Å²) in [6, 6.07) is 25.5. The van der Waals surface area contributed by atoms with Crippen LogP contribution in [0.5, 0.6) is 11.5 Å². The number of β-lactam (4-membered cyclic amide) rings is 1. The van der Waals surface area contributed by atoms with Crippen molar-refractivity contribution in [2.24, 2.45) is 5.92 Å². The second-order valence-corrected chi connectivity index (χ2v) is 9.51. The standard InChI is InChI=1S/C30H33NO5/c1-30(2,29(33)35-4)36-25-17-13-22(14-18-25)27-26(12-8-11-21-9-6-5-7-10-21)28(32)31(27)23-15-19-24(34-3)20-16-23/h5-7,9-10,13-20,26-27H,8,11-12H2,1-4H3/t26-,27-/m1/s1. The van der Waals surface area contributed by atoms with Crippen LogP contribution in [0, 0.1) is 5.92 Å². The fourth-order valence-electron chi connectivity index (χ4n) is 4.73. The first kappa shape index (κ1) is 25.3. The van der Waals surface area contributed by atoms with Crippen molar-refractivity contribution < 1.29 is 23.8 Å². The summed E-state index contributed by atoms with van der Waals surface area (Å²) in [5.74, 6) is 0.897. The average Bonchev–Trinajstić information content (AvgIpc) is 2.90. The van der Waals surface area contributed by atoms with Gasteiger partial charge in [0.25, 0.3) is 0 Å². The predicted molar refractivity (Wildman–Crippen MR) is 139 cm³/mol. The Morgan fingerprint density at radius 3 is 2.14 bits per heavy atom. The van der Waals surface area contributed by atoms with Crippen LogP contribution in [-0.4, -0.2) is 31.7 Å². The molecule has 0 unspecified atom stereocenters. The topological polar surface area (TPSA) is 65.1 Å². The van der Waals surface area contributed by atoms with Crippen LogP contribution < -0.4 is 14.4 Å². The number of esters is 1. The molecule has 3 aromatic rings. The number of aryl methyl sites for hydroxylation is 1. The first-order valence-corrected chi connectivity index (χ1v) is 12.2. The second-order valence-electron chi connectivity index (χ2n) is 9.51. The number of nitrogens with zero attached hydrogens (tertiary/aromatic N) is 1. The Bertz CT molecular complexity index is 1170. The van der Waals surface area contributed by atoms with Crippen LogP contribution in [0.2, 0.25) is 0 Å². The van der Waals surface area contributed by atoms with Crippen LogP contribution in [0.1, 0.15) is 43.9 Å². The van der Waals surface area contributed by atoms with E-state index in [0.29, 0.717) is 5.75 Å². The van der Waals surface area contributed by atoms with E-state index in [1.807, 2.05) is 71.6 Å². The fraction of sp³-hybridized carbons (Fsp3) is 0.333. The minimum absolute atomic E-state index is 0.0793. The molecule has 1 fully saturated rings. The van der Waals surface area contributed by atoms with Crippen LogP contribution in [0.15, 0.2) is 78.9 Å². The van der Waals surface area contributed by atoms with Crippen molar-refractivity contribution in [1.82, 2.24) is 0 Å². The first-order chi connectivity index (χ1) is 17.3. The molecule has 0 aliphatic carbocycles. The van der Waals surface area contributed by atoms with Crippen molar-refractivity contribution in [3.8, 4) is 11.5 Å². The number of rotatable bonds is 10. The van der Waals surface area contributed by atoms with Crippen molar-refractivity contribution in [3.05, 3.63) is 90.0 Å². The molecule has 0 saturated carbocycles. The SMILES string of the molecule is COC(=O)C(C)(C)Oc1ccc([C@@H]2[C@@H](CCCc3ccccc3)C(=O)N2c2ccc(OC)cc2)cc1. The highest BCUT2D eigenvalue weighted by molar-refractivity contribution is 6.03. The van der Waals surface area contributed by atoms with Gasteiger partial charge in [-0.2, -0.15) is 0 Å². The molecule has 1 aliphatic heterocycles. The number of ether oxygens (including phenoxy) is 3. The van der Waals surface area contributed by atoms with Gasteiger partial charge in [-0.25, -0.2) is 4.79 Å². The molecule has 0 aromatic heterocycles. The molecule has 1 saturated heterocycles. The second kappa shape index (κ2) is 10.9. The summed E-state index contributed by atoms with van der Waals surface area (Å²) >= 11 is 0. The molecule has 1 heterocycles. The Labute approximate surface area is 212 Å².